The molecule has 1 aliphatic carbocycles. The molecule has 2 rings (SSSR count). The maximum atomic E-state index is 11.4. The Balaban J connectivity index is 2.29. The zero-order valence-electron chi connectivity index (χ0n) is 10.9. The molecule has 5 nitrogen and oxygen atoms in total. The number of nitrogens with two attached hydrogens (primary N) is 1. The van der Waals surface area contributed by atoms with Crippen LogP contribution in [0.3, 0.4) is 0 Å². The van der Waals surface area contributed by atoms with E-state index in [9.17, 15) is 13.5 Å². The van der Waals surface area contributed by atoms with Gasteiger partial charge in [-0.05, 0) is 49.3 Å². The standard InChI is InChI=1S/C13H19NO4S/c1-18-12-8-10(4-7-13(12)19(14,16)17)9-2-5-11(15)6-3-9/h4,7-9,11,15H,2-3,5-6H2,1H3,(H2,14,16,17)/t9-,11-. The fourth-order valence-electron chi connectivity index (χ4n) is 2.58. The number of ether oxygens (including phenoxy) is 1. The number of hydrogen-bond acceptors (Lipinski definition) is 4. The number of methoxy groups -OCH3 is 1. The van der Waals surface area contributed by atoms with E-state index in [2.05, 4.69) is 0 Å². The first-order valence-electron chi connectivity index (χ1n) is 6.30. The molecule has 0 bridgehead atoms. The summed E-state index contributed by atoms with van der Waals surface area (Å²) < 4.78 is 27.9. The largest absolute Gasteiger partial charge is 0.495 e. The first-order valence-corrected chi connectivity index (χ1v) is 7.85. The minimum absolute atomic E-state index is 0.00888. The van der Waals surface area contributed by atoms with Crippen molar-refractivity contribution in [2.45, 2.75) is 42.6 Å². The van der Waals surface area contributed by atoms with E-state index in [1.807, 2.05) is 0 Å². The Labute approximate surface area is 113 Å². The molecule has 0 saturated heterocycles. The Morgan fingerprint density at radius 2 is 1.89 bits per heavy atom. The lowest BCUT2D eigenvalue weighted by molar-refractivity contribution is 0.122. The average Bonchev–Trinajstić information content (AvgIpc) is 2.38. The van der Waals surface area contributed by atoms with Gasteiger partial charge in [0.25, 0.3) is 0 Å². The summed E-state index contributed by atoms with van der Waals surface area (Å²) >= 11 is 0. The third kappa shape index (κ3) is 3.26. The summed E-state index contributed by atoms with van der Waals surface area (Å²) in [6.07, 6.45) is 3.16. The predicted octanol–water partition coefficient (Wildman–Crippen LogP) is 1.36. The molecule has 1 aromatic carbocycles. The van der Waals surface area contributed by atoms with Gasteiger partial charge in [0.15, 0.2) is 0 Å². The second kappa shape index (κ2) is 5.48. The van der Waals surface area contributed by atoms with E-state index >= 15 is 0 Å². The highest BCUT2D eigenvalue weighted by molar-refractivity contribution is 7.89. The van der Waals surface area contributed by atoms with Gasteiger partial charge in [0.2, 0.25) is 10.0 Å². The van der Waals surface area contributed by atoms with E-state index in [4.69, 9.17) is 9.88 Å². The van der Waals surface area contributed by atoms with Gasteiger partial charge >= 0.3 is 0 Å². The molecule has 0 heterocycles. The zero-order chi connectivity index (χ0) is 14.0. The highest BCUT2D eigenvalue weighted by atomic mass is 32.2. The van der Waals surface area contributed by atoms with Gasteiger partial charge in [-0.3, -0.25) is 0 Å². The van der Waals surface area contributed by atoms with Crippen molar-refractivity contribution in [2.24, 2.45) is 5.14 Å². The minimum atomic E-state index is -3.77. The molecule has 1 aromatic rings. The summed E-state index contributed by atoms with van der Waals surface area (Å²) in [5, 5.41) is 14.6. The molecule has 1 saturated carbocycles. The van der Waals surface area contributed by atoms with E-state index in [0.29, 0.717) is 5.92 Å². The minimum Gasteiger partial charge on any atom is -0.495 e. The summed E-state index contributed by atoms with van der Waals surface area (Å²) in [6, 6.07) is 5.02. The van der Waals surface area contributed by atoms with Crippen LogP contribution in [0.2, 0.25) is 0 Å². The van der Waals surface area contributed by atoms with E-state index in [0.717, 1.165) is 31.2 Å². The van der Waals surface area contributed by atoms with Gasteiger partial charge in [-0.25, -0.2) is 13.6 Å². The van der Waals surface area contributed by atoms with Crippen LogP contribution in [0.5, 0.6) is 5.75 Å². The molecule has 0 aromatic heterocycles. The molecule has 0 amide bonds. The molecule has 0 unspecified atom stereocenters. The Bertz CT molecular complexity index is 548. The van der Waals surface area contributed by atoms with Crippen molar-refractivity contribution >= 4 is 10.0 Å². The van der Waals surface area contributed by atoms with Crippen LogP contribution in [0.4, 0.5) is 0 Å². The molecule has 0 aliphatic heterocycles. The smallest absolute Gasteiger partial charge is 0.241 e. The van der Waals surface area contributed by atoms with Gasteiger partial charge in [0, 0.05) is 0 Å². The molecule has 0 atom stereocenters. The number of sulfonamides is 1. The quantitative estimate of drug-likeness (QED) is 0.877. The summed E-state index contributed by atoms with van der Waals surface area (Å²) in [5.41, 5.74) is 1.04. The van der Waals surface area contributed by atoms with Gasteiger partial charge in [0.1, 0.15) is 10.6 Å². The average molecular weight is 285 g/mol. The first-order chi connectivity index (χ1) is 8.91. The summed E-state index contributed by atoms with van der Waals surface area (Å²) in [5.74, 6) is 0.623. The Morgan fingerprint density at radius 3 is 2.42 bits per heavy atom. The number of rotatable bonds is 3. The topological polar surface area (TPSA) is 89.6 Å². The highest BCUT2D eigenvalue weighted by Gasteiger charge is 2.23. The normalized spacial score (nSPS) is 24.2. The lowest BCUT2D eigenvalue weighted by Gasteiger charge is -2.26. The molecule has 3 N–H and O–H groups in total. The Hall–Kier alpha value is -1.11. The summed E-state index contributed by atoms with van der Waals surface area (Å²) in [4.78, 5) is 0.00888. The summed E-state index contributed by atoms with van der Waals surface area (Å²) in [7, 11) is -2.34. The van der Waals surface area contributed by atoms with Crippen molar-refractivity contribution in [1.82, 2.24) is 0 Å². The third-order valence-electron chi connectivity index (χ3n) is 3.66. The van der Waals surface area contributed by atoms with Crippen molar-refractivity contribution in [1.29, 1.82) is 0 Å². The fraction of sp³-hybridized carbons (Fsp3) is 0.538. The van der Waals surface area contributed by atoms with Crippen LogP contribution in [0, 0.1) is 0 Å². The summed E-state index contributed by atoms with van der Waals surface area (Å²) in [6.45, 7) is 0. The first kappa shape index (κ1) is 14.3. The molecule has 0 radical (unpaired) electrons. The van der Waals surface area contributed by atoms with Gasteiger partial charge in [-0.15, -0.1) is 0 Å². The van der Waals surface area contributed by atoms with E-state index in [-0.39, 0.29) is 16.7 Å². The van der Waals surface area contributed by atoms with Gasteiger partial charge < -0.3 is 9.84 Å². The van der Waals surface area contributed by atoms with Crippen LogP contribution in [0.25, 0.3) is 0 Å². The second-order valence-corrected chi connectivity index (χ2v) is 6.49. The Morgan fingerprint density at radius 1 is 1.26 bits per heavy atom. The molecule has 1 aliphatic rings. The van der Waals surface area contributed by atoms with E-state index in [1.165, 1.54) is 13.2 Å². The van der Waals surface area contributed by atoms with Crippen LogP contribution in [0.1, 0.15) is 37.2 Å². The van der Waals surface area contributed by atoms with Crippen LogP contribution in [-0.2, 0) is 10.0 Å². The fourth-order valence-corrected chi connectivity index (χ4v) is 3.26. The highest BCUT2D eigenvalue weighted by Crippen LogP contribution is 2.35. The van der Waals surface area contributed by atoms with Crippen LogP contribution in [-0.4, -0.2) is 26.7 Å². The molecular formula is C13H19NO4S. The predicted molar refractivity (Wildman–Crippen MR) is 71.6 cm³/mol. The maximum absolute atomic E-state index is 11.4. The van der Waals surface area contributed by atoms with Crippen molar-refractivity contribution in [3.05, 3.63) is 23.8 Å². The second-order valence-electron chi connectivity index (χ2n) is 4.96. The lowest BCUT2D eigenvalue weighted by Crippen LogP contribution is -2.17. The molecule has 6 heteroatoms. The van der Waals surface area contributed by atoms with Crippen LogP contribution < -0.4 is 9.88 Å². The molecule has 0 spiro atoms. The van der Waals surface area contributed by atoms with Gasteiger partial charge in [-0.2, -0.15) is 0 Å². The molecule has 19 heavy (non-hydrogen) atoms. The maximum Gasteiger partial charge on any atom is 0.241 e. The van der Waals surface area contributed by atoms with Gasteiger partial charge in [0.05, 0.1) is 13.2 Å². The molecular weight excluding hydrogens is 266 g/mol. The molecule has 106 valence electrons. The van der Waals surface area contributed by atoms with Crippen molar-refractivity contribution in [3.63, 3.8) is 0 Å². The van der Waals surface area contributed by atoms with Crippen molar-refractivity contribution in [3.8, 4) is 5.75 Å². The van der Waals surface area contributed by atoms with E-state index in [1.54, 1.807) is 12.1 Å². The zero-order valence-corrected chi connectivity index (χ0v) is 11.7. The van der Waals surface area contributed by atoms with Crippen LogP contribution in [0.15, 0.2) is 23.1 Å². The number of hydrogen-bond donors (Lipinski definition) is 2. The Kier molecular flexibility index (Phi) is 4.13. The number of benzene rings is 1. The number of primary sulfonamides is 1. The van der Waals surface area contributed by atoms with Crippen molar-refractivity contribution in [2.75, 3.05) is 7.11 Å². The van der Waals surface area contributed by atoms with Crippen molar-refractivity contribution < 1.29 is 18.3 Å². The lowest BCUT2D eigenvalue weighted by atomic mass is 9.83. The van der Waals surface area contributed by atoms with Gasteiger partial charge in [-0.1, -0.05) is 6.07 Å². The SMILES string of the molecule is COc1cc([C@H]2CC[C@H](O)CC2)ccc1S(N)(=O)=O. The van der Waals surface area contributed by atoms with E-state index < -0.39 is 10.0 Å². The molecule has 1 fully saturated rings. The monoisotopic (exact) mass is 285 g/mol. The van der Waals surface area contributed by atoms with Crippen LogP contribution >= 0.6 is 0 Å². The number of aliphatic hydroxyl groups is 1. The number of aliphatic hydroxyl groups excluding tert-OH is 1. The third-order valence-corrected chi connectivity index (χ3v) is 4.61.